The smallest absolute Gasteiger partial charge is 0.321 e. The van der Waals surface area contributed by atoms with Crippen molar-refractivity contribution in [3.8, 4) is 11.4 Å². The van der Waals surface area contributed by atoms with E-state index in [1.54, 1.807) is 0 Å². The number of aromatic nitrogens is 2. The number of aryl methyl sites for hydroxylation is 1. The normalized spacial score (nSPS) is 29.8. The number of rotatable bonds is 2. The predicted molar refractivity (Wildman–Crippen MR) is 109 cm³/mol. The second-order valence-electron chi connectivity index (χ2n) is 8.87. The summed E-state index contributed by atoms with van der Waals surface area (Å²) in [7, 11) is 0. The molecule has 1 saturated carbocycles. The molecule has 2 aliphatic heterocycles. The van der Waals surface area contributed by atoms with Gasteiger partial charge in [-0.1, -0.05) is 24.3 Å². The van der Waals surface area contributed by atoms with Gasteiger partial charge in [0.2, 0.25) is 0 Å². The third-order valence-corrected chi connectivity index (χ3v) is 7.32. The predicted octanol–water partition coefficient (Wildman–Crippen LogP) is 4.17. The molecule has 1 aromatic heterocycles. The molecule has 2 amide bonds. The zero-order valence-corrected chi connectivity index (χ0v) is 16.1. The number of nitrogens with zero attached hydrogens (tertiary/aromatic N) is 3. The van der Waals surface area contributed by atoms with Crippen LogP contribution in [0.4, 0.5) is 10.5 Å². The number of anilines is 1. The Morgan fingerprint density at radius 3 is 2.75 bits per heavy atom. The Morgan fingerprint density at radius 1 is 1.11 bits per heavy atom. The molecule has 3 heterocycles. The van der Waals surface area contributed by atoms with E-state index >= 15 is 0 Å². The standard InChI is InChI=1S/C23H26N4O/c28-23(26-13-20-15-7-8-16(10-15)21(20)14-26)25-18-5-3-4-17(11-18)22-24-12-19-6-1-2-9-27(19)22/h3-5,7-8,11-12,15-16,20-21H,1-2,6,9-10,13-14H2,(H,25,28)/t15?,16?,20-,21+. The first-order valence-electron chi connectivity index (χ1n) is 10.7. The van der Waals surface area contributed by atoms with Crippen molar-refractivity contribution in [1.82, 2.24) is 14.5 Å². The number of urea groups is 1. The van der Waals surface area contributed by atoms with E-state index in [1.165, 1.54) is 25.0 Å². The first-order chi connectivity index (χ1) is 13.8. The Kier molecular flexibility index (Phi) is 3.65. The van der Waals surface area contributed by atoms with Gasteiger partial charge < -0.3 is 14.8 Å². The van der Waals surface area contributed by atoms with E-state index in [-0.39, 0.29) is 6.03 Å². The van der Waals surface area contributed by atoms with Crippen molar-refractivity contribution in [3.63, 3.8) is 0 Å². The lowest BCUT2D eigenvalue weighted by molar-refractivity contribution is 0.217. The lowest BCUT2D eigenvalue weighted by atomic mass is 9.86. The number of carbonyl (C=O) groups excluding carboxylic acids is 1. The van der Waals surface area contributed by atoms with E-state index in [0.29, 0.717) is 23.7 Å². The van der Waals surface area contributed by atoms with E-state index < -0.39 is 0 Å². The van der Waals surface area contributed by atoms with Crippen molar-refractivity contribution in [2.75, 3.05) is 18.4 Å². The van der Waals surface area contributed by atoms with Gasteiger partial charge in [-0.05, 0) is 61.5 Å². The third kappa shape index (κ3) is 2.52. The van der Waals surface area contributed by atoms with Crippen molar-refractivity contribution in [2.45, 2.75) is 32.2 Å². The molecule has 2 unspecified atom stereocenters. The van der Waals surface area contributed by atoms with Crippen molar-refractivity contribution >= 4 is 11.7 Å². The zero-order valence-electron chi connectivity index (χ0n) is 16.1. The summed E-state index contributed by atoms with van der Waals surface area (Å²) in [5.41, 5.74) is 3.25. The number of allylic oxidation sites excluding steroid dienone is 2. The molecule has 1 N–H and O–H groups in total. The van der Waals surface area contributed by atoms with Crippen LogP contribution in [0.2, 0.25) is 0 Å². The molecule has 6 rings (SSSR count). The van der Waals surface area contributed by atoms with Crippen molar-refractivity contribution < 1.29 is 4.79 Å². The number of likely N-dealkylation sites (tertiary alicyclic amines) is 1. The quantitative estimate of drug-likeness (QED) is 0.802. The van der Waals surface area contributed by atoms with E-state index in [1.807, 2.05) is 23.2 Å². The van der Waals surface area contributed by atoms with Crippen molar-refractivity contribution in [2.24, 2.45) is 23.7 Å². The van der Waals surface area contributed by atoms with Crippen LogP contribution < -0.4 is 5.32 Å². The molecule has 2 fully saturated rings. The topological polar surface area (TPSA) is 50.2 Å². The zero-order chi connectivity index (χ0) is 18.7. The lowest BCUT2D eigenvalue weighted by Crippen LogP contribution is -2.34. The van der Waals surface area contributed by atoms with Crippen LogP contribution >= 0.6 is 0 Å². The minimum absolute atomic E-state index is 0.0381. The van der Waals surface area contributed by atoms with Gasteiger partial charge in [0.05, 0.1) is 0 Å². The van der Waals surface area contributed by atoms with E-state index in [9.17, 15) is 4.79 Å². The Balaban J connectivity index is 1.19. The molecule has 144 valence electrons. The average Bonchev–Trinajstić information content (AvgIpc) is 3.48. The van der Waals surface area contributed by atoms with Crippen LogP contribution in [0.5, 0.6) is 0 Å². The van der Waals surface area contributed by atoms with Crippen LogP contribution in [-0.4, -0.2) is 33.6 Å². The number of hydrogen-bond donors (Lipinski definition) is 1. The second kappa shape index (κ2) is 6.23. The van der Waals surface area contributed by atoms with E-state index in [2.05, 4.69) is 39.2 Å². The summed E-state index contributed by atoms with van der Waals surface area (Å²) in [5.74, 6) is 3.75. The molecule has 0 radical (unpaired) electrons. The number of hydrogen-bond acceptors (Lipinski definition) is 2. The van der Waals surface area contributed by atoms with Gasteiger partial charge in [-0.25, -0.2) is 9.78 Å². The molecule has 2 aromatic rings. The first kappa shape index (κ1) is 16.4. The molecule has 28 heavy (non-hydrogen) atoms. The van der Waals surface area contributed by atoms with Crippen LogP contribution in [-0.2, 0) is 13.0 Å². The Morgan fingerprint density at radius 2 is 1.93 bits per heavy atom. The number of nitrogens with one attached hydrogen (secondary N) is 1. The molecule has 1 aromatic carbocycles. The average molecular weight is 374 g/mol. The molecule has 2 bridgehead atoms. The van der Waals surface area contributed by atoms with Gasteiger partial charge in [0.25, 0.3) is 0 Å². The van der Waals surface area contributed by atoms with Gasteiger partial charge in [-0.15, -0.1) is 0 Å². The van der Waals surface area contributed by atoms with Gasteiger partial charge in [-0.3, -0.25) is 0 Å². The van der Waals surface area contributed by atoms with Crippen LogP contribution in [0.3, 0.4) is 0 Å². The van der Waals surface area contributed by atoms with Crippen LogP contribution in [0.1, 0.15) is 25.0 Å². The molecule has 0 spiro atoms. The number of carbonyl (C=O) groups is 1. The van der Waals surface area contributed by atoms with Gasteiger partial charge in [0.15, 0.2) is 0 Å². The molecule has 2 aliphatic carbocycles. The first-order valence-corrected chi connectivity index (χ1v) is 10.7. The fraction of sp³-hybridized carbons (Fsp3) is 0.478. The molecule has 1 saturated heterocycles. The SMILES string of the molecule is O=C(Nc1cccc(-c2ncc3n2CCCC3)c1)N1C[C@@H]2C3C=CC(C3)[C@@H]2C1. The summed E-state index contributed by atoms with van der Waals surface area (Å²) < 4.78 is 2.33. The summed E-state index contributed by atoms with van der Waals surface area (Å²) in [5, 5.41) is 3.14. The van der Waals surface area contributed by atoms with E-state index in [4.69, 9.17) is 0 Å². The fourth-order valence-corrected chi connectivity index (χ4v) is 5.92. The van der Waals surface area contributed by atoms with Crippen LogP contribution in [0.15, 0.2) is 42.6 Å². The maximum absolute atomic E-state index is 12.9. The minimum Gasteiger partial charge on any atom is -0.328 e. The maximum Gasteiger partial charge on any atom is 0.321 e. The fourth-order valence-electron chi connectivity index (χ4n) is 5.92. The van der Waals surface area contributed by atoms with Crippen LogP contribution in [0.25, 0.3) is 11.4 Å². The van der Waals surface area contributed by atoms with Crippen molar-refractivity contribution in [1.29, 1.82) is 0 Å². The monoisotopic (exact) mass is 374 g/mol. The van der Waals surface area contributed by atoms with E-state index in [0.717, 1.165) is 43.1 Å². The Bertz CT molecular complexity index is 941. The highest BCUT2D eigenvalue weighted by Gasteiger charge is 2.50. The molecule has 5 nitrogen and oxygen atoms in total. The van der Waals surface area contributed by atoms with Gasteiger partial charge >= 0.3 is 6.03 Å². The number of amides is 2. The summed E-state index contributed by atoms with van der Waals surface area (Å²) >= 11 is 0. The highest BCUT2D eigenvalue weighted by Crippen LogP contribution is 2.51. The highest BCUT2D eigenvalue weighted by atomic mass is 16.2. The maximum atomic E-state index is 12.9. The highest BCUT2D eigenvalue weighted by molar-refractivity contribution is 5.90. The van der Waals surface area contributed by atoms with Crippen molar-refractivity contribution in [3.05, 3.63) is 48.3 Å². The summed E-state index contributed by atoms with van der Waals surface area (Å²) in [6, 6.07) is 8.17. The molecular formula is C23H26N4O. The largest absolute Gasteiger partial charge is 0.328 e. The Hall–Kier alpha value is -2.56. The molecule has 4 atom stereocenters. The second-order valence-corrected chi connectivity index (χ2v) is 8.87. The molecule has 5 heteroatoms. The van der Waals surface area contributed by atoms with Gasteiger partial charge in [0, 0.05) is 42.8 Å². The lowest BCUT2D eigenvalue weighted by Gasteiger charge is -2.20. The number of imidazole rings is 1. The summed E-state index contributed by atoms with van der Waals surface area (Å²) in [6.45, 7) is 2.83. The number of fused-ring (bicyclic) bond motifs is 6. The molecular weight excluding hydrogens is 348 g/mol. The minimum atomic E-state index is 0.0381. The van der Waals surface area contributed by atoms with Gasteiger partial charge in [-0.2, -0.15) is 0 Å². The molecule has 4 aliphatic rings. The summed E-state index contributed by atoms with van der Waals surface area (Å²) in [6.07, 6.45) is 11.6. The van der Waals surface area contributed by atoms with Gasteiger partial charge in [0.1, 0.15) is 5.82 Å². The number of benzene rings is 1. The Labute approximate surface area is 165 Å². The summed E-state index contributed by atoms with van der Waals surface area (Å²) in [4.78, 5) is 19.6. The van der Waals surface area contributed by atoms with Crippen LogP contribution in [0, 0.1) is 23.7 Å². The third-order valence-electron chi connectivity index (χ3n) is 7.32.